The van der Waals surface area contributed by atoms with E-state index >= 15 is 0 Å². The quantitative estimate of drug-likeness (QED) is 0.466. The van der Waals surface area contributed by atoms with E-state index in [1.165, 1.54) is 6.08 Å². The molecular formula is C21H26O5. The van der Waals surface area contributed by atoms with E-state index in [1.807, 2.05) is 30.3 Å². The molecule has 1 aromatic rings. The third-order valence-corrected chi connectivity index (χ3v) is 4.02. The highest BCUT2D eigenvalue weighted by atomic mass is 16.5. The van der Waals surface area contributed by atoms with Gasteiger partial charge in [-0.05, 0) is 24.5 Å². The van der Waals surface area contributed by atoms with Gasteiger partial charge in [-0.15, -0.1) is 0 Å². The fourth-order valence-electron chi connectivity index (χ4n) is 2.69. The Bertz CT molecular complexity index is 635. The first-order valence-electron chi connectivity index (χ1n) is 8.84. The van der Waals surface area contributed by atoms with Gasteiger partial charge in [-0.3, -0.25) is 0 Å². The summed E-state index contributed by atoms with van der Waals surface area (Å²) < 4.78 is 5.08. The second-order valence-corrected chi connectivity index (χ2v) is 6.39. The summed E-state index contributed by atoms with van der Waals surface area (Å²) in [6.45, 7) is 0. The van der Waals surface area contributed by atoms with Gasteiger partial charge in [0.15, 0.2) is 0 Å². The normalized spacial score (nSPS) is 21.0. The highest BCUT2D eigenvalue weighted by Gasteiger charge is 2.15. The molecule has 5 nitrogen and oxygen atoms in total. The summed E-state index contributed by atoms with van der Waals surface area (Å²) in [7, 11) is 0. The number of cyclic esters (lactones) is 1. The maximum absolute atomic E-state index is 11.1. The fourth-order valence-corrected chi connectivity index (χ4v) is 2.69. The average Bonchev–Trinajstić information content (AvgIpc) is 2.61. The van der Waals surface area contributed by atoms with Gasteiger partial charge in [-0.1, -0.05) is 54.6 Å². The van der Waals surface area contributed by atoms with E-state index in [4.69, 9.17) is 4.74 Å². The summed E-state index contributed by atoms with van der Waals surface area (Å²) in [5.74, 6) is -0.362. The van der Waals surface area contributed by atoms with Crippen molar-refractivity contribution in [3.63, 3.8) is 0 Å². The lowest BCUT2D eigenvalue weighted by Crippen LogP contribution is -2.22. The van der Waals surface area contributed by atoms with Crippen LogP contribution in [0.2, 0.25) is 0 Å². The van der Waals surface area contributed by atoms with E-state index in [9.17, 15) is 20.1 Å². The van der Waals surface area contributed by atoms with Gasteiger partial charge >= 0.3 is 5.97 Å². The number of carbonyl (C=O) groups excluding carboxylic acids is 1. The largest absolute Gasteiger partial charge is 0.455 e. The Hall–Kier alpha value is -2.21. The van der Waals surface area contributed by atoms with Crippen LogP contribution in [0.4, 0.5) is 0 Å². The van der Waals surface area contributed by atoms with Gasteiger partial charge in [-0.25, -0.2) is 4.79 Å². The van der Waals surface area contributed by atoms with Crippen LogP contribution in [0.5, 0.6) is 0 Å². The van der Waals surface area contributed by atoms with Crippen LogP contribution in [0.25, 0.3) is 6.08 Å². The van der Waals surface area contributed by atoms with Gasteiger partial charge in [0.25, 0.3) is 0 Å². The molecule has 1 aliphatic heterocycles. The third kappa shape index (κ3) is 7.78. The molecule has 0 saturated heterocycles. The Morgan fingerprint density at radius 3 is 2.62 bits per heavy atom. The van der Waals surface area contributed by atoms with Gasteiger partial charge < -0.3 is 20.1 Å². The fraction of sp³-hybridized carbons (Fsp3) is 0.381. The van der Waals surface area contributed by atoms with Crippen molar-refractivity contribution < 1.29 is 24.9 Å². The number of carbonyl (C=O) groups is 1. The molecule has 0 fully saturated rings. The maximum Gasteiger partial charge on any atom is 0.331 e. The molecule has 5 heteroatoms. The highest BCUT2D eigenvalue weighted by Crippen LogP contribution is 2.13. The summed E-state index contributed by atoms with van der Waals surface area (Å²) in [6.07, 6.45) is 8.80. The SMILES string of the molecule is O=C1C=CC[C@@H](C=CC[C@H](O)C[C@@H](O)C[C@@H](O)C=Cc2ccccc2)O1. The molecule has 0 bridgehead atoms. The zero-order chi connectivity index (χ0) is 18.8. The van der Waals surface area contributed by atoms with Crippen molar-refractivity contribution in [3.8, 4) is 0 Å². The summed E-state index contributed by atoms with van der Waals surface area (Å²) in [5, 5.41) is 30.0. The van der Waals surface area contributed by atoms with Crippen LogP contribution in [-0.4, -0.2) is 45.7 Å². The van der Waals surface area contributed by atoms with Crippen LogP contribution < -0.4 is 0 Å². The molecule has 26 heavy (non-hydrogen) atoms. The van der Waals surface area contributed by atoms with Crippen molar-refractivity contribution in [2.75, 3.05) is 0 Å². The first-order valence-corrected chi connectivity index (χ1v) is 8.84. The van der Waals surface area contributed by atoms with Crippen molar-refractivity contribution >= 4 is 12.0 Å². The standard InChI is InChI=1S/C21H26O5/c22-17(8-4-9-20-10-5-11-21(25)26-20)14-19(24)15-18(23)13-12-16-6-2-1-3-7-16/h1-7,9,11-13,17-20,22-24H,8,10,14-15H2/t17-,18-,19+,20+/m0/s1. The number of esters is 1. The molecule has 2 rings (SSSR count). The van der Waals surface area contributed by atoms with E-state index < -0.39 is 18.3 Å². The number of rotatable bonds is 9. The lowest BCUT2D eigenvalue weighted by Gasteiger charge is -2.17. The molecule has 0 spiro atoms. The van der Waals surface area contributed by atoms with Crippen molar-refractivity contribution in [1.82, 2.24) is 0 Å². The minimum absolute atomic E-state index is 0.162. The van der Waals surface area contributed by atoms with E-state index in [0.29, 0.717) is 12.8 Å². The zero-order valence-electron chi connectivity index (χ0n) is 14.6. The van der Waals surface area contributed by atoms with Crippen LogP contribution in [0.3, 0.4) is 0 Å². The molecular weight excluding hydrogens is 332 g/mol. The molecule has 0 saturated carbocycles. The van der Waals surface area contributed by atoms with Crippen molar-refractivity contribution in [1.29, 1.82) is 0 Å². The molecule has 140 valence electrons. The second-order valence-electron chi connectivity index (χ2n) is 6.39. The molecule has 0 aliphatic carbocycles. The first-order chi connectivity index (χ1) is 12.5. The summed E-state index contributed by atoms with van der Waals surface area (Å²) >= 11 is 0. The molecule has 0 radical (unpaired) electrons. The van der Waals surface area contributed by atoms with E-state index in [0.717, 1.165) is 5.56 Å². The Kier molecular flexibility index (Phi) is 8.28. The lowest BCUT2D eigenvalue weighted by molar-refractivity contribution is -0.141. The van der Waals surface area contributed by atoms with E-state index in [2.05, 4.69) is 0 Å². The molecule has 0 amide bonds. The van der Waals surface area contributed by atoms with Crippen LogP contribution in [0.1, 0.15) is 31.2 Å². The highest BCUT2D eigenvalue weighted by molar-refractivity contribution is 5.82. The van der Waals surface area contributed by atoms with Gasteiger partial charge in [0.05, 0.1) is 18.3 Å². The van der Waals surface area contributed by atoms with Crippen LogP contribution >= 0.6 is 0 Å². The van der Waals surface area contributed by atoms with Crippen LogP contribution in [0, 0.1) is 0 Å². The Morgan fingerprint density at radius 1 is 1.12 bits per heavy atom. The van der Waals surface area contributed by atoms with Gasteiger partial charge in [0.1, 0.15) is 6.10 Å². The molecule has 1 aliphatic rings. The average molecular weight is 358 g/mol. The minimum Gasteiger partial charge on any atom is -0.455 e. The van der Waals surface area contributed by atoms with Crippen molar-refractivity contribution in [2.45, 2.75) is 50.1 Å². The number of hydrogen-bond donors (Lipinski definition) is 3. The predicted molar refractivity (Wildman–Crippen MR) is 100 cm³/mol. The lowest BCUT2D eigenvalue weighted by atomic mass is 10.0. The Morgan fingerprint density at radius 2 is 1.88 bits per heavy atom. The third-order valence-electron chi connectivity index (χ3n) is 4.02. The van der Waals surface area contributed by atoms with E-state index in [1.54, 1.807) is 30.4 Å². The minimum atomic E-state index is -0.802. The summed E-state index contributed by atoms with van der Waals surface area (Å²) in [4.78, 5) is 11.1. The summed E-state index contributed by atoms with van der Waals surface area (Å²) in [6, 6.07) is 9.59. The van der Waals surface area contributed by atoms with E-state index in [-0.39, 0.29) is 24.9 Å². The molecule has 1 heterocycles. The zero-order valence-corrected chi connectivity index (χ0v) is 14.6. The smallest absolute Gasteiger partial charge is 0.331 e. The number of ether oxygens (including phenoxy) is 1. The number of benzene rings is 1. The van der Waals surface area contributed by atoms with Crippen LogP contribution in [0.15, 0.2) is 60.7 Å². The van der Waals surface area contributed by atoms with Crippen molar-refractivity contribution in [2.24, 2.45) is 0 Å². The molecule has 4 atom stereocenters. The number of aliphatic hydroxyl groups excluding tert-OH is 3. The monoisotopic (exact) mass is 358 g/mol. The molecule has 3 N–H and O–H groups in total. The second kappa shape index (κ2) is 10.7. The van der Waals surface area contributed by atoms with Gasteiger partial charge in [0, 0.05) is 18.9 Å². The molecule has 0 unspecified atom stereocenters. The van der Waals surface area contributed by atoms with Crippen LogP contribution in [-0.2, 0) is 9.53 Å². The molecule has 1 aromatic carbocycles. The van der Waals surface area contributed by atoms with Gasteiger partial charge in [-0.2, -0.15) is 0 Å². The maximum atomic E-state index is 11.1. The number of hydrogen-bond acceptors (Lipinski definition) is 5. The van der Waals surface area contributed by atoms with Gasteiger partial charge in [0.2, 0.25) is 0 Å². The molecule has 0 aromatic heterocycles. The Balaban J connectivity index is 1.67. The summed E-state index contributed by atoms with van der Waals surface area (Å²) in [5.41, 5.74) is 0.976. The van der Waals surface area contributed by atoms with Crippen molar-refractivity contribution in [3.05, 3.63) is 66.3 Å². The Labute approximate surface area is 153 Å². The first kappa shape index (κ1) is 20.1. The number of aliphatic hydroxyl groups is 3. The predicted octanol–water partition coefficient (Wildman–Crippen LogP) is 2.38. The topological polar surface area (TPSA) is 87.0 Å².